The summed E-state index contributed by atoms with van der Waals surface area (Å²) in [7, 11) is 0. The molecular weight excluding hydrogens is 660 g/mol. The van der Waals surface area contributed by atoms with Crippen LogP contribution in [-0.2, 0) is 6.61 Å². The first-order valence-corrected chi connectivity index (χ1v) is 14.5. The second-order valence-electron chi connectivity index (χ2n) is 9.73. The van der Waals surface area contributed by atoms with Crippen LogP contribution in [0.4, 0.5) is 5.69 Å². The number of hydrogen-bond acceptors (Lipinski definition) is 7. The van der Waals surface area contributed by atoms with Crippen LogP contribution in [0.2, 0.25) is 0 Å². The van der Waals surface area contributed by atoms with E-state index in [9.17, 15) is 24.8 Å². The Morgan fingerprint density at radius 1 is 1.15 bits per heavy atom. The molecule has 3 aromatic carbocycles. The van der Waals surface area contributed by atoms with E-state index in [1.165, 1.54) is 29.1 Å². The molecule has 0 amide bonds. The maximum atomic E-state index is 13.6. The summed E-state index contributed by atoms with van der Waals surface area (Å²) in [6, 6.07) is 14.4. The van der Waals surface area contributed by atoms with Crippen molar-refractivity contribution in [3.8, 4) is 5.75 Å². The number of benzene rings is 3. The van der Waals surface area contributed by atoms with E-state index in [1.807, 2.05) is 6.07 Å². The first-order valence-electron chi connectivity index (χ1n) is 12.9. The standard InChI is InChI=1S/C29H24Br2N4O6/c30-21-9-10-24-22(14-21)28(36)34(27(33-24)19-6-2-1-3-7-19)32-15-18-12-23(31)26(25(13-18)35(39)40)41-16-17-5-4-8-20(11-17)29(37)38/h4-5,8-15,19H,1-3,6-7,16H2,(H,37,38). The van der Waals surface area contributed by atoms with Crippen molar-refractivity contribution >= 4 is 60.6 Å². The zero-order valence-electron chi connectivity index (χ0n) is 21.6. The highest BCUT2D eigenvalue weighted by atomic mass is 79.9. The van der Waals surface area contributed by atoms with Crippen LogP contribution in [0.3, 0.4) is 0 Å². The molecule has 0 atom stereocenters. The molecule has 1 N–H and O–H groups in total. The van der Waals surface area contributed by atoms with Gasteiger partial charge < -0.3 is 9.84 Å². The summed E-state index contributed by atoms with van der Waals surface area (Å²) in [5.74, 6) is -0.427. The first-order chi connectivity index (χ1) is 19.7. The lowest BCUT2D eigenvalue weighted by molar-refractivity contribution is -0.386. The third-order valence-electron chi connectivity index (χ3n) is 6.93. The van der Waals surface area contributed by atoms with Crippen molar-refractivity contribution in [3.05, 3.63) is 107 Å². The Bertz CT molecular complexity index is 1750. The zero-order valence-corrected chi connectivity index (χ0v) is 24.8. The van der Waals surface area contributed by atoms with E-state index in [0.717, 1.165) is 36.6 Å². The van der Waals surface area contributed by atoms with Gasteiger partial charge in [0.1, 0.15) is 12.4 Å². The van der Waals surface area contributed by atoms with Crippen molar-refractivity contribution in [2.45, 2.75) is 44.6 Å². The van der Waals surface area contributed by atoms with Crippen LogP contribution in [0, 0.1) is 10.1 Å². The number of halogens is 2. The Morgan fingerprint density at radius 2 is 1.93 bits per heavy atom. The van der Waals surface area contributed by atoms with Gasteiger partial charge in [-0.25, -0.2) is 9.78 Å². The van der Waals surface area contributed by atoms with E-state index in [0.29, 0.717) is 32.3 Å². The van der Waals surface area contributed by atoms with Crippen LogP contribution < -0.4 is 10.3 Å². The lowest BCUT2D eigenvalue weighted by atomic mass is 9.88. The highest BCUT2D eigenvalue weighted by molar-refractivity contribution is 9.10. The Balaban J connectivity index is 1.50. The van der Waals surface area contributed by atoms with Crippen molar-refractivity contribution in [3.63, 3.8) is 0 Å². The Labute approximate surface area is 251 Å². The van der Waals surface area contributed by atoms with Gasteiger partial charge in [-0.05, 0) is 70.7 Å². The third kappa shape index (κ3) is 6.38. The second kappa shape index (κ2) is 12.3. The molecule has 41 heavy (non-hydrogen) atoms. The number of carboxylic acids is 1. The molecule has 0 aliphatic heterocycles. The van der Waals surface area contributed by atoms with E-state index >= 15 is 0 Å². The van der Waals surface area contributed by atoms with Gasteiger partial charge in [-0.15, -0.1) is 0 Å². The van der Waals surface area contributed by atoms with Crippen LogP contribution in [0.15, 0.2) is 73.4 Å². The maximum absolute atomic E-state index is 13.6. The molecule has 0 spiro atoms. The molecule has 1 saturated carbocycles. The van der Waals surface area contributed by atoms with E-state index in [2.05, 4.69) is 37.0 Å². The monoisotopic (exact) mass is 682 g/mol. The molecule has 12 heteroatoms. The summed E-state index contributed by atoms with van der Waals surface area (Å²) in [5, 5.41) is 26.1. The number of carbonyl (C=O) groups is 1. The van der Waals surface area contributed by atoms with Gasteiger partial charge in [0.05, 0.1) is 32.1 Å². The molecule has 0 bridgehead atoms. The number of rotatable bonds is 8. The number of nitrogens with zero attached hydrogens (tertiary/aromatic N) is 4. The van der Waals surface area contributed by atoms with E-state index in [1.54, 1.807) is 30.3 Å². The molecule has 0 radical (unpaired) electrons. The molecular formula is C29H24Br2N4O6. The molecule has 210 valence electrons. The third-order valence-corrected chi connectivity index (χ3v) is 8.01. The summed E-state index contributed by atoms with van der Waals surface area (Å²) in [6.45, 7) is -0.0769. The number of nitro groups is 1. The zero-order chi connectivity index (χ0) is 29.1. The lowest BCUT2D eigenvalue weighted by Gasteiger charge is -2.22. The molecule has 1 aliphatic rings. The summed E-state index contributed by atoms with van der Waals surface area (Å²) in [6.07, 6.45) is 6.44. The minimum absolute atomic E-state index is 0.00911. The number of carboxylic acid groups (broad SMARTS) is 1. The molecule has 4 aromatic rings. The summed E-state index contributed by atoms with van der Waals surface area (Å²) < 4.78 is 8.11. The number of fused-ring (bicyclic) bond motifs is 1. The van der Waals surface area contributed by atoms with Gasteiger partial charge >= 0.3 is 11.7 Å². The predicted octanol–water partition coefficient (Wildman–Crippen LogP) is 7.04. The van der Waals surface area contributed by atoms with Gasteiger partial charge in [0.25, 0.3) is 5.56 Å². The second-order valence-corrected chi connectivity index (χ2v) is 11.5. The van der Waals surface area contributed by atoms with E-state index in [-0.39, 0.29) is 35.1 Å². The molecule has 5 rings (SSSR count). The van der Waals surface area contributed by atoms with Crippen LogP contribution in [0.1, 0.15) is 65.3 Å². The summed E-state index contributed by atoms with van der Waals surface area (Å²) in [5.41, 5.74) is 0.978. The fourth-order valence-corrected chi connectivity index (χ4v) is 5.87. The average molecular weight is 684 g/mol. The number of hydrogen-bond donors (Lipinski definition) is 1. The van der Waals surface area contributed by atoms with E-state index < -0.39 is 10.9 Å². The summed E-state index contributed by atoms with van der Waals surface area (Å²) >= 11 is 6.78. The van der Waals surface area contributed by atoms with Crippen molar-refractivity contribution in [1.29, 1.82) is 0 Å². The van der Waals surface area contributed by atoms with Gasteiger partial charge in [0, 0.05) is 22.0 Å². The first kappa shape index (κ1) is 28.6. The fourth-order valence-electron chi connectivity index (χ4n) is 4.93. The highest BCUT2D eigenvalue weighted by Gasteiger charge is 2.23. The quantitative estimate of drug-likeness (QED) is 0.120. The van der Waals surface area contributed by atoms with Crippen molar-refractivity contribution in [2.24, 2.45) is 5.10 Å². The summed E-state index contributed by atoms with van der Waals surface area (Å²) in [4.78, 5) is 41.0. The molecule has 1 fully saturated rings. The van der Waals surface area contributed by atoms with Crippen molar-refractivity contribution in [1.82, 2.24) is 9.66 Å². The minimum atomic E-state index is -1.08. The molecule has 10 nitrogen and oxygen atoms in total. The Kier molecular flexibility index (Phi) is 8.60. The topological polar surface area (TPSA) is 137 Å². The molecule has 1 aromatic heterocycles. The van der Waals surface area contributed by atoms with Crippen LogP contribution >= 0.6 is 31.9 Å². The van der Waals surface area contributed by atoms with Gasteiger partial charge in [-0.2, -0.15) is 9.78 Å². The van der Waals surface area contributed by atoms with Gasteiger partial charge in [-0.3, -0.25) is 14.9 Å². The molecule has 1 aliphatic carbocycles. The molecule has 0 unspecified atom stereocenters. The van der Waals surface area contributed by atoms with Crippen molar-refractivity contribution < 1.29 is 19.6 Å². The van der Waals surface area contributed by atoms with Crippen LogP contribution in [0.5, 0.6) is 5.75 Å². The Morgan fingerprint density at radius 3 is 2.66 bits per heavy atom. The number of nitro benzene ring substituents is 1. The lowest BCUT2D eigenvalue weighted by Crippen LogP contribution is -2.25. The van der Waals surface area contributed by atoms with Gasteiger partial charge in [0.15, 0.2) is 0 Å². The highest BCUT2D eigenvalue weighted by Crippen LogP contribution is 2.37. The Hall–Kier alpha value is -3.90. The SMILES string of the molecule is O=C(O)c1cccc(COc2c(Br)cc(C=Nn3c(C4CCCCC4)nc4ccc(Br)cc4c3=O)cc2[N+](=O)[O-])c1. The predicted molar refractivity (Wildman–Crippen MR) is 161 cm³/mol. The molecule has 0 saturated heterocycles. The number of aromatic carboxylic acids is 1. The normalized spacial score (nSPS) is 14.0. The van der Waals surface area contributed by atoms with Crippen molar-refractivity contribution in [2.75, 3.05) is 0 Å². The van der Waals surface area contributed by atoms with Crippen LogP contribution in [-0.4, -0.2) is 31.9 Å². The average Bonchev–Trinajstić information content (AvgIpc) is 2.96. The number of aromatic nitrogens is 2. The van der Waals surface area contributed by atoms with E-state index in [4.69, 9.17) is 9.72 Å². The van der Waals surface area contributed by atoms with Gasteiger partial charge in [0.2, 0.25) is 5.75 Å². The minimum Gasteiger partial charge on any atom is -0.481 e. The molecule has 1 heterocycles. The number of ether oxygens (including phenoxy) is 1. The smallest absolute Gasteiger partial charge is 0.335 e. The fraction of sp³-hybridized carbons (Fsp3) is 0.241. The maximum Gasteiger partial charge on any atom is 0.335 e. The largest absolute Gasteiger partial charge is 0.481 e. The van der Waals surface area contributed by atoms with Gasteiger partial charge in [-0.1, -0.05) is 47.3 Å². The van der Waals surface area contributed by atoms with Crippen LogP contribution in [0.25, 0.3) is 10.9 Å².